The van der Waals surface area contributed by atoms with Crippen LogP contribution in [0.2, 0.25) is 10.0 Å². The number of benzene rings is 1. The highest BCUT2D eigenvalue weighted by atomic mass is 35.5. The molecule has 7 nitrogen and oxygen atoms in total. The Morgan fingerprint density at radius 2 is 2.00 bits per heavy atom. The SMILES string of the molecule is [C-]#[N+]c1c(-c2ccnc(NC(=O)NC)c2)sc(-c2ccn[nH]2)c1-c1ccc(Cl)cc1Cl. The number of hydrogen-bond acceptors (Lipinski definition) is 4. The number of carbonyl (C=O) groups excluding carboxylic acids is 1. The summed E-state index contributed by atoms with van der Waals surface area (Å²) in [6.07, 6.45) is 3.23. The van der Waals surface area contributed by atoms with Gasteiger partial charge in [0.25, 0.3) is 0 Å². The molecule has 4 rings (SSSR count). The van der Waals surface area contributed by atoms with Crippen LogP contribution in [0.5, 0.6) is 0 Å². The third kappa shape index (κ3) is 4.11. The average Bonchev–Trinajstić information content (AvgIpc) is 3.41. The van der Waals surface area contributed by atoms with Crippen LogP contribution in [-0.2, 0) is 0 Å². The molecule has 3 aromatic heterocycles. The molecule has 0 aliphatic rings. The number of aromatic amines is 1. The smallest absolute Gasteiger partial charge is 0.320 e. The molecule has 0 spiro atoms. The summed E-state index contributed by atoms with van der Waals surface area (Å²) in [6, 6.07) is 10.2. The second-order valence-electron chi connectivity index (χ2n) is 6.32. The van der Waals surface area contributed by atoms with Crippen molar-refractivity contribution < 1.29 is 4.79 Å². The molecule has 1 aromatic carbocycles. The van der Waals surface area contributed by atoms with E-state index in [-0.39, 0.29) is 6.03 Å². The molecule has 31 heavy (non-hydrogen) atoms. The summed E-state index contributed by atoms with van der Waals surface area (Å²) in [7, 11) is 1.52. The Labute approximate surface area is 191 Å². The number of anilines is 1. The van der Waals surface area contributed by atoms with E-state index in [9.17, 15) is 4.79 Å². The molecule has 0 unspecified atom stereocenters. The summed E-state index contributed by atoms with van der Waals surface area (Å²) in [5.74, 6) is 0.371. The monoisotopic (exact) mass is 468 g/mol. The van der Waals surface area contributed by atoms with Gasteiger partial charge in [0, 0.05) is 44.8 Å². The van der Waals surface area contributed by atoms with Gasteiger partial charge in [-0.25, -0.2) is 14.6 Å². The second kappa shape index (κ2) is 8.78. The topological polar surface area (TPSA) is 87.1 Å². The minimum Gasteiger partial charge on any atom is -0.341 e. The standard InChI is InChI=1S/C21H14Cl2N6OS/c1-24-18-17(13-4-3-12(22)10-14(13)23)20(15-6-8-27-29-15)31-19(18)11-5-7-26-16(9-11)28-21(30)25-2/h3-10H,2H3,(H,27,29)(H2,25,26,28,30). The van der Waals surface area contributed by atoms with E-state index in [2.05, 4.69) is 30.7 Å². The fraction of sp³-hybridized carbons (Fsp3) is 0.0476. The number of pyridine rings is 1. The van der Waals surface area contributed by atoms with E-state index < -0.39 is 0 Å². The minimum absolute atomic E-state index is 0.371. The molecule has 2 amide bonds. The Hall–Kier alpha value is -3.38. The molecule has 0 aliphatic carbocycles. The average molecular weight is 469 g/mol. The van der Waals surface area contributed by atoms with Crippen molar-refractivity contribution in [1.29, 1.82) is 0 Å². The van der Waals surface area contributed by atoms with E-state index in [4.69, 9.17) is 29.8 Å². The zero-order valence-electron chi connectivity index (χ0n) is 16.0. The van der Waals surface area contributed by atoms with Crippen molar-refractivity contribution in [3.05, 3.63) is 70.3 Å². The Balaban J connectivity index is 1.94. The summed E-state index contributed by atoms with van der Waals surface area (Å²) in [4.78, 5) is 21.2. The van der Waals surface area contributed by atoms with Gasteiger partial charge in [0.1, 0.15) is 5.82 Å². The van der Waals surface area contributed by atoms with E-state index in [0.717, 1.165) is 21.0 Å². The molecule has 4 aromatic rings. The van der Waals surface area contributed by atoms with Gasteiger partial charge in [-0.05, 0) is 41.5 Å². The number of nitrogens with zero attached hydrogens (tertiary/aromatic N) is 3. The van der Waals surface area contributed by atoms with Gasteiger partial charge >= 0.3 is 6.03 Å². The number of aromatic nitrogens is 3. The van der Waals surface area contributed by atoms with E-state index in [1.54, 1.807) is 42.7 Å². The van der Waals surface area contributed by atoms with Crippen LogP contribution < -0.4 is 10.6 Å². The maximum absolute atomic E-state index is 11.7. The number of hydrogen-bond donors (Lipinski definition) is 3. The molecule has 10 heteroatoms. The lowest BCUT2D eigenvalue weighted by Crippen LogP contribution is -2.24. The Morgan fingerprint density at radius 1 is 1.16 bits per heavy atom. The zero-order chi connectivity index (χ0) is 22.0. The molecule has 0 saturated heterocycles. The van der Waals surface area contributed by atoms with Crippen LogP contribution in [0.15, 0.2) is 48.8 Å². The van der Waals surface area contributed by atoms with Gasteiger partial charge in [-0.15, -0.1) is 11.3 Å². The largest absolute Gasteiger partial charge is 0.341 e. The van der Waals surface area contributed by atoms with Gasteiger partial charge in [0.2, 0.25) is 5.69 Å². The third-order valence-electron chi connectivity index (χ3n) is 4.43. The lowest BCUT2D eigenvalue weighted by molar-refractivity contribution is 0.254. The molecule has 0 atom stereocenters. The van der Waals surface area contributed by atoms with Gasteiger partial charge in [0.05, 0.1) is 12.3 Å². The number of H-pyrrole nitrogens is 1. The van der Waals surface area contributed by atoms with Crippen molar-refractivity contribution in [2.24, 2.45) is 0 Å². The lowest BCUT2D eigenvalue weighted by atomic mass is 10.0. The van der Waals surface area contributed by atoms with Gasteiger partial charge in [-0.3, -0.25) is 10.4 Å². The number of carbonyl (C=O) groups is 1. The van der Waals surface area contributed by atoms with Gasteiger partial charge in [0.15, 0.2) is 0 Å². The molecule has 0 aliphatic heterocycles. The van der Waals surface area contributed by atoms with E-state index in [1.807, 2.05) is 6.07 Å². The van der Waals surface area contributed by atoms with Crippen LogP contribution >= 0.6 is 34.5 Å². The van der Waals surface area contributed by atoms with Crippen LogP contribution in [0.4, 0.5) is 16.3 Å². The van der Waals surface area contributed by atoms with Crippen molar-refractivity contribution >= 4 is 52.1 Å². The number of nitrogens with one attached hydrogen (secondary N) is 3. The Kier molecular flexibility index (Phi) is 5.91. The number of halogens is 2. The molecule has 154 valence electrons. The van der Waals surface area contributed by atoms with E-state index >= 15 is 0 Å². The Bertz CT molecular complexity index is 1310. The number of thiophene rings is 1. The van der Waals surface area contributed by atoms with Crippen LogP contribution in [0.3, 0.4) is 0 Å². The summed E-state index contributed by atoms with van der Waals surface area (Å²) in [5.41, 5.74) is 3.34. The highest BCUT2D eigenvalue weighted by Crippen LogP contribution is 2.53. The van der Waals surface area contributed by atoms with Crippen LogP contribution in [0, 0.1) is 6.57 Å². The maximum atomic E-state index is 11.7. The minimum atomic E-state index is -0.381. The van der Waals surface area contributed by atoms with Crippen molar-refractivity contribution in [3.8, 4) is 32.1 Å². The first-order chi connectivity index (χ1) is 15.0. The molecule has 0 fully saturated rings. The zero-order valence-corrected chi connectivity index (χ0v) is 18.4. The summed E-state index contributed by atoms with van der Waals surface area (Å²) in [5, 5.41) is 13.1. The summed E-state index contributed by atoms with van der Waals surface area (Å²) >= 11 is 14.0. The molecular formula is C21H14Cl2N6OS. The lowest BCUT2D eigenvalue weighted by Gasteiger charge is -2.08. The van der Waals surface area contributed by atoms with E-state index in [1.165, 1.54) is 18.4 Å². The first kappa shape index (κ1) is 20.9. The Morgan fingerprint density at radius 3 is 2.68 bits per heavy atom. The summed E-state index contributed by atoms with van der Waals surface area (Å²) in [6.45, 7) is 7.91. The maximum Gasteiger partial charge on any atom is 0.320 e. The predicted molar refractivity (Wildman–Crippen MR) is 125 cm³/mol. The molecule has 3 N–H and O–H groups in total. The fourth-order valence-electron chi connectivity index (χ4n) is 3.06. The quantitative estimate of drug-likeness (QED) is 0.299. The normalized spacial score (nSPS) is 10.5. The van der Waals surface area contributed by atoms with Crippen molar-refractivity contribution in [3.63, 3.8) is 0 Å². The van der Waals surface area contributed by atoms with Crippen molar-refractivity contribution in [2.45, 2.75) is 0 Å². The molecular weight excluding hydrogens is 455 g/mol. The fourth-order valence-corrected chi connectivity index (χ4v) is 4.79. The van der Waals surface area contributed by atoms with Crippen molar-refractivity contribution in [2.75, 3.05) is 12.4 Å². The van der Waals surface area contributed by atoms with Gasteiger partial charge in [-0.2, -0.15) is 5.10 Å². The van der Waals surface area contributed by atoms with Crippen LogP contribution in [-0.4, -0.2) is 28.3 Å². The second-order valence-corrected chi connectivity index (χ2v) is 8.19. The molecule has 0 saturated carbocycles. The van der Waals surface area contributed by atoms with E-state index in [0.29, 0.717) is 32.7 Å². The highest BCUT2D eigenvalue weighted by molar-refractivity contribution is 7.20. The number of amides is 2. The number of rotatable bonds is 4. The van der Waals surface area contributed by atoms with Gasteiger partial charge < -0.3 is 5.32 Å². The van der Waals surface area contributed by atoms with Gasteiger partial charge in [-0.1, -0.05) is 29.3 Å². The van der Waals surface area contributed by atoms with Crippen molar-refractivity contribution in [1.82, 2.24) is 20.5 Å². The first-order valence-corrected chi connectivity index (χ1v) is 10.5. The van der Waals surface area contributed by atoms with Crippen LogP contribution in [0.25, 0.3) is 37.0 Å². The third-order valence-corrected chi connectivity index (χ3v) is 6.24. The van der Waals surface area contributed by atoms with Crippen LogP contribution in [0.1, 0.15) is 0 Å². The highest BCUT2D eigenvalue weighted by Gasteiger charge is 2.24. The molecule has 3 heterocycles. The predicted octanol–water partition coefficient (Wildman–Crippen LogP) is 6.48. The molecule has 0 radical (unpaired) electrons. The summed E-state index contributed by atoms with van der Waals surface area (Å²) < 4.78 is 0. The molecule has 0 bridgehead atoms. The number of urea groups is 1. The first-order valence-electron chi connectivity index (χ1n) is 8.96.